The molecule has 1 amide bonds. The van der Waals surface area contributed by atoms with Gasteiger partial charge in [-0.25, -0.2) is 0 Å². The lowest BCUT2D eigenvalue weighted by Gasteiger charge is -2.25. The van der Waals surface area contributed by atoms with E-state index in [1.165, 1.54) is 11.1 Å². The van der Waals surface area contributed by atoms with Crippen LogP contribution in [0.4, 0.5) is 5.69 Å². The van der Waals surface area contributed by atoms with Gasteiger partial charge in [-0.05, 0) is 49.9 Å². The average molecular weight is 246 g/mol. The van der Waals surface area contributed by atoms with Gasteiger partial charge in [-0.3, -0.25) is 4.79 Å². The van der Waals surface area contributed by atoms with E-state index in [0.717, 1.165) is 31.4 Å². The number of anilines is 1. The third kappa shape index (κ3) is 2.56. The number of benzene rings is 1. The smallest absolute Gasteiger partial charge is 0.231 e. The molecule has 18 heavy (non-hydrogen) atoms. The second kappa shape index (κ2) is 5.11. The summed E-state index contributed by atoms with van der Waals surface area (Å²) in [6.45, 7) is 4.53. The highest BCUT2D eigenvalue weighted by Gasteiger charge is 2.39. The molecule has 1 fully saturated rings. The number of hydrogen-bond acceptors (Lipinski definition) is 2. The SMILES string of the molecule is Cc1cc(C)cc(NC(=O)C2(CN)CCCC2)c1. The molecule has 0 atom stereocenters. The van der Waals surface area contributed by atoms with Gasteiger partial charge in [-0.15, -0.1) is 0 Å². The van der Waals surface area contributed by atoms with Crippen LogP contribution >= 0.6 is 0 Å². The van der Waals surface area contributed by atoms with Crippen LogP contribution in [0.15, 0.2) is 18.2 Å². The zero-order valence-corrected chi connectivity index (χ0v) is 11.3. The highest BCUT2D eigenvalue weighted by atomic mass is 16.2. The van der Waals surface area contributed by atoms with Gasteiger partial charge >= 0.3 is 0 Å². The highest BCUT2D eigenvalue weighted by Crippen LogP contribution is 2.38. The minimum absolute atomic E-state index is 0.0903. The lowest BCUT2D eigenvalue weighted by Crippen LogP contribution is -2.40. The Balaban J connectivity index is 2.15. The Labute approximate surface area is 109 Å². The first-order chi connectivity index (χ1) is 8.55. The molecule has 1 aromatic rings. The molecule has 2 rings (SSSR count). The maximum absolute atomic E-state index is 12.4. The second-order valence-electron chi connectivity index (χ2n) is 5.52. The normalized spacial score (nSPS) is 17.7. The standard InChI is InChI=1S/C15H22N2O/c1-11-7-12(2)9-13(8-11)17-14(18)15(10-16)5-3-4-6-15/h7-9H,3-6,10,16H2,1-2H3,(H,17,18). The van der Waals surface area contributed by atoms with Crippen molar-refractivity contribution in [3.05, 3.63) is 29.3 Å². The first kappa shape index (κ1) is 13.1. The molecule has 1 aliphatic carbocycles. The van der Waals surface area contributed by atoms with Gasteiger partial charge in [0.05, 0.1) is 5.41 Å². The summed E-state index contributed by atoms with van der Waals surface area (Å²) in [4.78, 5) is 12.4. The van der Waals surface area contributed by atoms with E-state index in [0.29, 0.717) is 6.54 Å². The van der Waals surface area contributed by atoms with Crippen LogP contribution in [0.1, 0.15) is 36.8 Å². The van der Waals surface area contributed by atoms with Gasteiger partial charge in [-0.1, -0.05) is 18.9 Å². The van der Waals surface area contributed by atoms with Gasteiger partial charge in [0, 0.05) is 12.2 Å². The molecule has 98 valence electrons. The molecule has 3 nitrogen and oxygen atoms in total. The summed E-state index contributed by atoms with van der Waals surface area (Å²) in [5.74, 6) is 0.0903. The van der Waals surface area contributed by atoms with Crippen molar-refractivity contribution in [2.24, 2.45) is 11.1 Å². The van der Waals surface area contributed by atoms with E-state index in [4.69, 9.17) is 5.73 Å². The van der Waals surface area contributed by atoms with Crippen molar-refractivity contribution in [1.82, 2.24) is 0 Å². The quantitative estimate of drug-likeness (QED) is 0.861. The molecular formula is C15H22N2O. The molecule has 0 radical (unpaired) electrons. The molecule has 0 aliphatic heterocycles. The summed E-state index contributed by atoms with van der Waals surface area (Å²) in [5.41, 5.74) is 8.70. The summed E-state index contributed by atoms with van der Waals surface area (Å²) in [7, 11) is 0. The molecule has 1 aromatic carbocycles. The van der Waals surface area contributed by atoms with Gasteiger partial charge in [-0.2, -0.15) is 0 Å². The number of aryl methyl sites for hydroxylation is 2. The third-order valence-corrected chi connectivity index (χ3v) is 3.91. The lowest BCUT2D eigenvalue weighted by molar-refractivity contribution is -0.124. The van der Waals surface area contributed by atoms with Crippen LogP contribution in [-0.4, -0.2) is 12.5 Å². The van der Waals surface area contributed by atoms with Crippen molar-refractivity contribution >= 4 is 11.6 Å². The number of nitrogens with one attached hydrogen (secondary N) is 1. The minimum atomic E-state index is -0.336. The zero-order chi connectivity index (χ0) is 13.2. The Kier molecular flexibility index (Phi) is 3.71. The molecule has 0 saturated heterocycles. The average Bonchev–Trinajstić information content (AvgIpc) is 2.77. The fraction of sp³-hybridized carbons (Fsp3) is 0.533. The fourth-order valence-corrected chi connectivity index (χ4v) is 2.89. The zero-order valence-electron chi connectivity index (χ0n) is 11.3. The summed E-state index contributed by atoms with van der Waals surface area (Å²) >= 11 is 0. The van der Waals surface area contributed by atoms with Crippen molar-refractivity contribution in [2.75, 3.05) is 11.9 Å². The van der Waals surface area contributed by atoms with Crippen LogP contribution in [0.5, 0.6) is 0 Å². The Hall–Kier alpha value is -1.35. The first-order valence-electron chi connectivity index (χ1n) is 6.66. The molecule has 3 N–H and O–H groups in total. The lowest BCUT2D eigenvalue weighted by atomic mass is 9.85. The van der Waals surface area contributed by atoms with E-state index in [1.54, 1.807) is 0 Å². The number of carbonyl (C=O) groups is 1. The van der Waals surface area contributed by atoms with Crippen molar-refractivity contribution in [1.29, 1.82) is 0 Å². The third-order valence-electron chi connectivity index (χ3n) is 3.91. The maximum atomic E-state index is 12.4. The highest BCUT2D eigenvalue weighted by molar-refractivity contribution is 5.95. The van der Waals surface area contributed by atoms with Crippen LogP contribution in [-0.2, 0) is 4.79 Å². The summed E-state index contributed by atoms with van der Waals surface area (Å²) in [6, 6.07) is 6.11. The second-order valence-corrected chi connectivity index (χ2v) is 5.52. The number of carbonyl (C=O) groups excluding carboxylic acids is 1. The molecule has 0 bridgehead atoms. The van der Waals surface area contributed by atoms with E-state index in [-0.39, 0.29) is 11.3 Å². The Morgan fingerprint density at radius 1 is 1.22 bits per heavy atom. The van der Waals surface area contributed by atoms with E-state index in [2.05, 4.69) is 11.4 Å². The fourth-order valence-electron chi connectivity index (χ4n) is 2.89. The first-order valence-corrected chi connectivity index (χ1v) is 6.66. The van der Waals surface area contributed by atoms with Crippen LogP contribution in [0.2, 0.25) is 0 Å². The Bertz CT molecular complexity index is 428. The van der Waals surface area contributed by atoms with Crippen LogP contribution in [0.25, 0.3) is 0 Å². The van der Waals surface area contributed by atoms with Crippen molar-refractivity contribution in [3.8, 4) is 0 Å². The number of nitrogens with two attached hydrogens (primary N) is 1. The van der Waals surface area contributed by atoms with Crippen molar-refractivity contribution in [2.45, 2.75) is 39.5 Å². The largest absolute Gasteiger partial charge is 0.329 e. The number of amides is 1. The van der Waals surface area contributed by atoms with Gasteiger partial charge in [0.15, 0.2) is 0 Å². The molecule has 0 spiro atoms. The van der Waals surface area contributed by atoms with E-state index in [1.807, 2.05) is 26.0 Å². The monoisotopic (exact) mass is 246 g/mol. The van der Waals surface area contributed by atoms with Gasteiger partial charge in [0.25, 0.3) is 0 Å². The number of hydrogen-bond donors (Lipinski definition) is 2. The molecule has 0 aromatic heterocycles. The predicted octanol–water partition coefficient (Wildman–Crippen LogP) is 2.76. The Morgan fingerprint density at radius 2 is 1.78 bits per heavy atom. The molecule has 0 unspecified atom stereocenters. The van der Waals surface area contributed by atoms with Crippen LogP contribution < -0.4 is 11.1 Å². The van der Waals surface area contributed by atoms with Crippen LogP contribution in [0.3, 0.4) is 0 Å². The van der Waals surface area contributed by atoms with Crippen molar-refractivity contribution in [3.63, 3.8) is 0 Å². The van der Waals surface area contributed by atoms with Gasteiger partial charge in [0.1, 0.15) is 0 Å². The number of rotatable bonds is 3. The molecule has 1 aliphatic rings. The van der Waals surface area contributed by atoms with E-state index in [9.17, 15) is 4.79 Å². The topological polar surface area (TPSA) is 55.1 Å². The van der Waals surface area contributed by atoms with E-state index < -0.39 is 0 Å². The molecule has 1 saturated carbocycles. The van der Waals surface area contributed by atoms with Crippen molar-refractivity contribution < 1.29 is 4.79 Å². The van der Waals surface area contributed by atoms with Crippen LogP contribution in [0, 0.1) is 19.3 Å². The summed E-state index contributed by atoms with van der Waals surface area (Å²) in [6.07, 6.45) is 4.05. The molecule has 0 heterocycles. The van der Waals surface area contributed by atoms with Gasteiger partial charge in [0.2, 0.25) is 5.91 Å². The predicted molar refractivity (Wildman–Crippen MR) is 74.5 cm³/mol. The van der Waals surface area contributed by atoms with E-state index >= 15 is 0 Å². The minimum Gasteiger partial charge on any atom is -0.329 e. The Morgan fingerprint density at radius 3 is 2.28 bits per heavy atom. The molecular weight excluding hydrogens is 224 g/mol. The summed E-state index contributed by atoms with van der Waals surface area (Å²) < 4.78 is 0. The maximum Gasteiger partial charge on any atom is 0.231 e. The summed E-state index contributed by atoms with van der Waals surface area (Å²) in [5, 5.41) is 3.04. The molecule has 3 heteroatoms. The van der Waals surface area contributed by atoms with Gasteiger partial charge < -0.3 is 11.1 Å².